The molecule has 0 bridgehead atoms. The number of amides is 1. The molecule has 156 valence electrons. The Morgan fingerprint density at radius 1 is 1.34 bits per heavy atom. The van der Waals surface area contributed by atoms with Crippen molar-refractivity contribution in [3.8, 4) is 0 Å². The number of piperidine rings is 1. The molecule has 29 heavy (non-hydrogen) atoms. The topological polar surface area (TPSA) is 87.1 Å². The standard InChI is InChI=1S/C21H30N6O2/c1-3-5-19(28)27-9-7-18-17(14-27)21(29)24-20(23-18)16-6-4-8-26(13-16)12-15-10-22-25(2)11-15/h10-11,16H,3-9,12-14H2,1-2H3,(H,23,24,29)/t16-/m1/s1. The zero-order valence-electron chi connectivity index (χ0n) is 17.4. The normalized spacial score (nSPS) is 19.9. The molecule has 2 aromatic rings. The van der Waals surface area contributed by atoms with E-state index in [2.05, 4.69) is 15.0 Å². The molecule has 1 atom stereocenters. The molecule has 0 aliphatic carbocycles. The second-order valence-corrected chi connectivity index (χ2v) is 8.29. The summed E-state index contributed by atoms with van der Waals surface area (Å²) < 4.78 is 1.83. The van der Waals surface area contributed by atoms with Crippen LogP contribution in [0.5, 0.6) is 0 Å². The largest absolute Gasteiger partial charge is 0.338 e. The number of nitrogens with zero attached hydrogens (tertiary/aromatic N) is 5. The summed E-state index contributed by atoms with van der Waals surface area (Å²) in [4.78, 5) is 37.1. The number of fused-ring (bicyclic) bond motifs is 1. The zero-order valence-corrected chi connectivity index (χ0v) is 17.4. The van der Waals surface area contributed by atoms with Gasteiger partial charge in [-0.25, -0.2) is 4.98 Å². The van der Waals surface area contributed by atoms with Crippen LogP contribution < -0.4 is 5.56 Å². The van der Waals surface area contributed by atoms with Crippen molar-refractivity contribution in [3.05, 3.63) is 45.4 Å². The molecule has 2 aromatic heterocycles. The molecule has 4 rings (SSSR count). The van der Waals surface area contributed by atoms with Gasteiger partial charge in [-0.3, -0.25) is 19.2 Å². The summed E-state index contributed by atoms with van der Waals surface area (Å²) in [5, 5.41) is 4.25. The number of carbonyl (C=O) groups is 1. The van der Waals surface area contributed by atoms with E-state index in [1.54, 1.807) is 4.90 Å². The van der Waals surface area contributed by atoms with Gasteiger partial charge in [0.25, 0.3) is 5.56 Å². The number of aryl methyl sites for hydroxylation is 1. The Labute approximate surface area is 170 Å². The maximum atomic E-state index is 12.8. The summed E-state index contributed by atoms with van der Waals surface area (Å²) in [6, 6.07) is 0. The monoisotopic (exact) mass is 398 g/mol. The first-order chi connectivity index (χ1) is 14.0. The van der Waals surface area contributed by atoms with Crippen molar-refractivity contribution < 1.29 is 4.79 Å². The second kappa shape index (κ2) is 8.49. The fraction of sp³-hybridized carbons (Fsp3) is 0.619. The highest BCUT2D eigenvalue weighted by molar-refractivity contribution is 5.76. The lowest BCUT2D eigenvalue weighted by molar-refractivity contribution is -0.132. The van der Waals surface area contributed by atoms with Crippen LogP contribution in [-0.2, 0) is 31.4 Å². The highest BCUT2D eigenvalue weighted by atomic mass is 16.2. The molecule has 0 radical (unpaired) electrons. The van der Waals surface area contributed by atoms with Gasteiger partial charge in [0.2, 0.25) is 5.91 Å². The van der Waals surface area contributed by atoms with Crippen LogP contribution in [0.25, 0.3) is 0 Å². The first-order valence-corrected chi connectivity index (χ1v) is 10.6. The number of aromatic nitrogens is 4. The van der Waals surface area contributed by atoms with Crippen LogP contribution in [0.3, 0.4) is 0 Å². The lowest BCUT2D eigenvalue weighted by atomic mass is 9.96. The summed E-state index contributed by atoms with van der Waals surface area (Å²) in [7, 11) is 1.93. The second-order valence-electron chi connectivity index (χ2n) is 8.29. The van der Waals surface area contributed by atoms with Gasteiger partial charge in [-0.05, 0) is 25.8 Å². The molecule has 1 N–H and O–H groups in total. The smallest absolute Gasteiger partial charge is 0.256 e. The van der Waals surface area contributed by atoms with Crippen molar-refractivity contribution in [1.29, 1.82) is 0 Å². The summed E-state index contributed by atoms with van der Waals surface area (Å²) in [5.74, 6) is 1.16. The molecule has 0 spiro atoms. The highest BCUT2D eigenvalue weighted by Crippen LogP contribution is 2.26. The van der Waals surface area contributed by atoms with Crippen molar-refractivity contribution in [2.75, 3.05) is 19.6 Å². The number of hydrogen-bond donors (Lipinski definition) is 1. The van der Waals surface area contributed by atoms with E-state index in [1.165, 1.54) is 5.56 Å². The highest BCUT2D eigenvalue weighted by Gasteiger charge is 2.28. The van der Waals surface area contributed by atoms with Gasteiger partial charge in [0.05, 0.1) is 24.0 Å². The predicted octanol–water partition coefficient (Wildman–Crippen LogP) is 1.57. The minimum absolute atomic E-state index is 0.0802. The molecule has 0 unspecified atom stereocenters. The number of likely N-dealkylation sites (tertiary alicyclic amines) is 1. The number of aromatic amines is 1. The minimum atomic E-state index is -0.0802. The van der Waals surface area contributed by atoms with Gasteiger partial charge in [0.1, 0.15) is 5.82 Å². The molecule has 1 amide bonds. The van der Waals surface area contributed by atoms with Crippen LogP contribution in [0.2, 0.25) is 0 Å². The number of carbonyl (C=O) groups excluding carboxylic acids is 1. The Kier molecular flexibility index (Phi) is 5.80. The maximum absolute atomic E-state index is 12.8. The Bertz CT molecular complexity index is 933. The average molecular weight is 399 g/mol. The number of hydrogen-bond acceptors (Lipinski definition) is 5. The maximum Gasteiger partial charge on any atom is 0.256 e. The van der Waals surface area contributed by atoms with Gasteiger partial charge in [-0.2, -0.15) is 5.10 Å². The SMILES string of the molecule is CCCC(=O)N1CCc2nc([C@@H]3CCCN(Cc4cnn(C)c4)C3)[nH]c(=O)c2C1. The Balaban J connectivity index is 1.47. The Morgan fingerprint density at radius 3 is 2.97 bits per heavy atom. The average Bonchev–Trinajstić information content (AvgIpc) is 3.12. The van der Waals surface area contributed by atoms with E-state index in [0.717, 1.165) is 50.4 Å². The molecule has 4 heterocycles. The molecule has 1 saturated heterocycles. The Morgan fingerprint density at radius 2 is 2.21 bits per heavy atom. The first-order valence-electron chi connectivity index (χ1n) is 10.6. The quantitative estimate of drug-likeness (QED) is 0.826. The van der Waals surface area contributed by atoms with Crippen molar-refractivity contribution in [1.82, 2.24) is 29.5 Å². The lowest BCUT2D eigenvalue weighted by Gasteiger charge is -2.33. The molecule has 0 aromatic carbocycles. The molecule has 2 aliphatic rings. The number of nitrogens with one attached hydrogen (secondary N) is 1. The predicted molar refractivity (Wildman–Crippen MR) is 109 cm³/mol. The third kappa shape index (κ3) is 4.42. The fourth-order valence-electron chi connectivity index (χ4n) is 4.46. The van der Waals surface area contributed by atoms with Crippen LogP contribution in [0.15, 0.2) is 17.2 Å². The molecular weight excluding hydrogens is 368 g/mol. The van der Waals surface area contributed by atoms with Crippen LogP contribution in [0.1, 0.15) is 61.2 Å². The van der Waals surface area contributed by atoms with Crippen molar-refractivity contribution in [2.45, 2.75) is 58.0 Å². The van der Waals surface area contributed by atoms with Gasteiger partial charge in [-0.15, -0.1) is 0 Å². The van der Waals surface area contributed by atoms with Gasteiger partial charge in [0.15, 0.2) is 0 Å². The van der Waals surface area contributed by atoms with E-state index in [-0.39, 0.29) is 17.4 Å². The minimum Gasteiger partial charge on any atom is -0.338 e. The van der Waals surface area contributed by atoms with Gasteiger partial charge in [0, 0.05) is 57.2 Å². The fourth-order valence-corrected chi connectivity index (χ4v) is 4.46. The van der Waals surface area contributed by atoms with Gasteiger partial charge in [-0.1, -0.05) is 6.92 Å². The van der Waals surface area contributed by atoms with Gasteiger partial charge >= 0.3 is 0 Å². The van der Waals surface area contributed by atoms with Crippen molar-refractivity contribution in [3.63, 3.8) is 0 Å². The van der Waals surface area contributed by atoms with Crippen LogP contribution in [0.4, 0.5) is 0 Å². The van der Waals surface area contributed by atoms with Crippen LogP contribution >= 0.6 is 0 Å². The third-order valence-electron chi connectivity index (χ3n) is 5.96. The Hall–Kier alpha value is -2.48. The number of rotatable bonds is 5. The van der Waals surface area contributed by atoms with Gasteiger partial charge < -0.3 is 9.88 Å². The molecule has 8 nitrogen and oxygen atoms in total. The van der Waals surface area contributed by atoms with E-state index in [4.69, 9.17) is 4.98 Å². The van der Waals surface area contributed by atoms with E-state index in [0.29, 0.717) is 31.5 Å². The van der Waals surface area contributed by atoms with E-state index in [9.17, 15) is 9.59 Å². The van der Waals surface area contributed by atoms with E-state index >= 15 is 0 Å². The van der Waals surface area contributed by atoms with E-state index < -0.39 is 0 Å². The summed E-state index contributed by atoms with van der Waals surface area (Å²) in [6.07, 6.45) is 8.11. The molecule has 1 fully saturated rings. The molecule has 2 aliphatic heterocycles. The molecule has 8 heteroatoms. The summed E-state index contributed by atoms with van der Waals surface area (Å²) in [6.45, 7) is 5.84. The van der Waals surface area contributed by atoms with Crippen LogP contribution in [-0.4, -0.2) is 55.1 Å². The summed E-state index contributed by atoms with van der Waals surface area (Å²) in [5.41, 5.74) is 2.65. The first kappa shape index (κ1) is 19.8. The molecular formula is C21H30N6O2. The zero-order chi connectivity index (χ0) is 20.4. The summed E-state index contributed by atoms with van der Waals surface area (Å²) >= 11 is 0. The van der Waals surface area contributed by atoms with Crippen LogP contribution in [0, 0.1) is 0 Å². The molecule has 0 saturated carbocycles. The number of H-pyrrole nitrogens is 1. The third-order valence-corrected chi connectivity index (χ3v) is 5.96. The van der Waals surface area contributed by atoms with E-state index in [1.807, 2.05) is 31.0 Å². The van der Waals surface area contributed by atoms with Crippen molar-refractivity contribution in [2.24, 2.45) is 7.05 Å². The van der Waals surface area contributed by atoms with Crippen molar-refractivity contribution >= 4 is 5.91 Å². The lowest BCUT2D eigenvalue weighted by Crippen LogP contribution is -2.40.